The third kappa shape index (κ3) is 3.37. The molecule has 1 aromatic carbocycles. The summed E-state index contributed by atoms with van der Waals surface area (Å²) in [5.74, 6) is -0.252. The van der Waals surface area contributed by atoms with Crippen molar-refractivity contribution in [3.8, 4) is 0 Å². The molecule has 1 heterocycles. The number of carbonyl (C=O) groups excluding carboxylic acids is 1. The predicted molar refractivity (Wildman–Crippen MR) is 65.5 cm³/mol. The van der Waals surface area contributed by atoms with Gasteiger partial charge in [-0.2, -0.15) is 0 Å². The zero-order valence-electron chi connectivity index (χ0n) is 9.34. The van der Waals surface area contributed by atoms with Crippen molar-refractivity contribution in [2.45, 2.75) is 13.5 Å². The van der Waals surface area contributed by atoms with E-state index in [9.17, 15) is 4.79 Å². The van der Waals surface area contributed by atoms with Gasteiger partial charge in [-0.05, 0) is 19.1 Å². The summed E-state index contributed by atoms with van der Waals surface area (Å²) in [7, 11) is 0. The van der Waals surface area contributed by atoms with Crippen LogP contribution in [0.15, 0.2) is 35.7 Å². The number of amides is 1. The fourth-order valence-electron chi connectivity index (χ4n) is 1.30. The lowest BCUT2D eigenvalue weighted by molar-refractivity contribution is 0.0223. The van der Waals surface area contributed by atoms with Crippen LogP contribution in [0.25, 0.3) is 0 Å². The van der Waals surface area contributed by atoms with E-state index in [2.05, 4.69) is 10.5 Å². The number of benzene rings is 1. The Hall–Kier alpha value is -1.72. The van der Waals surface area contributed by atoms with Gasteiger partial charge < -0.3 is 0 Å². The van der Waals surface area contributed by atoms with E-state index in [1.807, 2.05) is 18.4 Å². The second-order valence-electron chi connectivity index (χ2n) is 3.44. The fourth-order valence-corrected chi connectivity index (χ4v) is 1.90. The average Bonchev–Trinajstić information content (AvgIpc) is 2.76. The molecule has 0 fully saturated rings. The number of nitrogens with one attached hydrogen (secondary N) is 1. The Kier molecular flexibility index (Phi) is 3.85. The SMILES string of the molecule is Cc1nc(CONC(=O)c2ccccc2)cs1. The van der Waals surface area contributed by atoms with Gasteiger partial charge in [0.2, 0.25) is 0 Å². The maximum atomic E-state index is 11.6. The Balaban J connectivity index is 1.81. The van der Waals surface area contributed by atoms with Crippen molar-refractivity contribution in [3.05, 3.63) is 52.0 Å². The molecule has 88 valence electrons. The lowest BCUT2D eigenvalue weighted by Gasteiger charge is -2.03. The van der Waals surface area contributed by atoms with E-state index in [-0.39, 0.29) is 12.5 Å². The standard InChI is InChI=1S/C12H12N2O2S/c1-9-13-11(8-17-9)7-16-14-12(15)10-5-3-2-4-6-10/h2-6,8H,7H2,1H3,(H,14,15). The van der Waals surface area contributed by atoms with Crippen molar-refractivity contribution in [1.82, 2.24) is 10.5 Å². The van der Waals surface area contributed by atoms with Crippen molar-refractivity contribution in [2.24, 2.45) is 0 Å². The molecule has 1 N–H and O–H groups in total. The highest BCUT2D eigenvalue weighted by Gasteiger charge is 2.04. The second-order valence-corrected chi connectivity index (χ2v) is 4.51. The minimum Gasteiger partial charge on any atom is -0.267 e. The molecule has 2 rings (SSSR count). The summed E-state index contributed by atoms with van der Waals surface area (Å²) >= 11 is 1.56. The Morgan fingerprint density at radius 3 is 2.82 bits per heavy atom. The summed E-state index contributed by atoms with van der Waals surface area (Å²) in [6, 6.07) is 8.92. The second kappa shape index (κ2) is 5.56. The van der Waals surface area contributed by atoms with Crippen LogP contribution in [0.4, 0.5) is 0 Å². The molecule has 0 unspecified atom stereocenters. The molecular formula is C12H12N2O2S. The van der Waals surface area contributed by atoms with E-state index in [0.29, 0.717) is 5.56 Å². The highest BCUT2D eigenvalue weighted by atomic mass is 32.1. The van der Waals surface area contributed by atoms with Gasteiger partial charge in [0.05, 0.1) is 10.7 Å². The number of hydrogen-bond acceptors (Lipinski definition) is 4. The summed E-state index contributed by atoms with van der Waals surface area (Å²) in [4.78, 5) is 20.9. The maximum absolute atomic E-state index is 11.6. The first-order chi connectivity index (χ1) is 8.25. The molecule has 0 aliphatic rings. The van der Waals surface area contributed by atoms with Crippen molar-refractivity contribution in [2.75, 3.05) is 0 Å². The first kappa shape index (κ1) is 11.8. The first-order valence-electron chi connectivity index (χ1n) is 5.14. The molecular weight excluding hydrogens is 236 g/mol. The molecule has 0 atom stereocenters. The highest BCUT2D eigenvalue weighted by molar-refractivity contribution is 7.09. The van der Waals surface area contributed by atoms with E-state index in [1.165, 1.54) is 0 Å². The Morgan fingerprint density at radius 1 is 1.41 bits per heavy atom. The molecule has 4 nitrogen and oxygen atoms in total. The lowest BCUT2D eigenvalue weighted by atomic mass is 10.2. The number of carbonyl (C=O) groups is 1. The molecule has 0 saturated heterocycles. The van der Waals surface area contributed by atoms with Crippen molar-refractivity contribution in [1.29, 1.82) is 0 Å². The van der Waals surface area contributed by atoms with Crippen LogP contribution in [0.5, 0.6) is 0 Å². The summed E-state index contributed by atoms with van der Waals surface area (Å²) in [5.41, 5.74) is 3.77. The van der Waals surface area contributed by atoms with Gasteiger partial charge in [0, 0.05) is 10.9 Å². The number of aryl methyl sites for hydroxylation is 1. The number of thiazole rings is 1. The van der Waals surface area contributed by atoms with Crippen LogP contribution in [0, 0.1) is 6.92 Å². The van der Waals surface area contributed by atoms with Gasteiger partial charge in [0.15, 0.2) is 0 Å². The Morgan fingerprint density at radius 2 is 2.18 bits per heavy atom. The largest absolute Gasteiger partial charge is 0.274 e. The molecule has 2 aromatic rings. The van der Waals surface area contributed by atoms with E-state index < -0.39 is 0 Å². The Bertz CT molecular complexity index is 496. The molecule has 0 aliphatic heterocycles. The molecule has 0 bridgehead atoms. The fraction of sp³-hybridized carbons (Fsp3) is 0.167. The topological polar surface area (TPSA) is 51.2 Å². The highest BCUT2D eigenvalue weighted by Crippen LogP contribution is 2.08. The number of hydroxylamine groups is 1. The third-order valence-corrected chi connectivity index (χ3v) is 2.91. The lowest BCUT2D eigenvalue weighted by Crippen LogP contribution is -2.23. The van der Waals surface area contributed by atoms with Gasteiger partial charge in [0.25, 0.3) is 5.91 Å². The monoisotopic (exact) mass is 248 g/mol. The molecule has 1 amide bonds. The van der Waals surface area contributed by atoms with Crippen molar-refractivity contribution < 1.29 is 9.63 Å². The van der Waals surface area contributed by atoms with Gasteiger partial charge >= 0.3 is 0 Å². The summed E-state index contributed by atoms with van der Waals surface area (Å²) in [5, 5.41) is 2.89. The van der Waals surface area contributed by atoms with Crippen molar-refractivity contribution >= 4 is 17.2 Å². The number of hydrogen-bond donors (Lipinski definition) is 1. The molecule has 0 spiro atoms. The smallest absolute Gasteiger partial charge is 0.267 e. The molecule has 5 heteroatoms. The van der Waals surface area contributed by atoms with Crippen molar-refractivity contribution in [3.63, 3.8) is 0 Å². The minimum atomic E-state index is -0.252. The van der Waals surface area contributed by atoms with Crippen LogP contribution in [-0.4, -0.2) is 10.9 Å². The van der Waals surface area contributed by atoms with Crippen LogP contribution >= 0.6 is 11.3 Å². The van der Waals surface area contributed by atoms with Gasteiger partial charge in [-0.25, -0.2) is 10.5 Å². The van der Waals surface area contributed by atoms with E-state index in [0.717, 1.165) is 10.7 Å². The quantitative estimate of drug-likeness (QED) is 0.845. The molecule has 1 aromatic heterocycles. The summed E-state index contributed by atoms with van der Waals surface area (Å²) < 4.78 is 0. The average molecular weight is 248 g/mol. The minimum absolute atomic E-state index is 0.252. The van der Waals surface area contributed by atoms with Crippen LogP contribution in [0.3, 0.4) is 0 Å². The summed E-state index contributed by atoms with van der Waals surface area (Å²) in [6.07, 6.45) is 0. The number of nitrogens with zero attached hydrogens (tertiary/aromatic N) is 1. The van der Waals surface area contributed by atoms with Crippen LogP contribution < -0.4 is 5.48 Å². The Labute approximate surface area is 103 Å². The normalized spacial score (nSPS) is 10.2. The summed E-state index contributed by atoms with van der Waals surface area (Å²) in [6.45, 7) is 2.21. The molecule has 17 heavy (non-hydrogen) atoms. The van der Waals surface area contributed by atoms with Crippen LogP contribution in [0.2, 0.25) is 0 Å². The van der Waals surface area contributed by atoms with Gasteiger partial charge in [-0.15, -0.1) is 11.3 Å². The zero-order chi connectivity index (χ0) is 12.1. The molecule has 0 radical (unpaired) electrons. The van der Waals surface area contributed by atoms with Gasteiger partial charge in [-0.3, -0.25) is 9.63 Å². The number of rotatable bonds is 4. The third-order valence-electron chi connectivity index (χ3n) is 2.09. The van der Waals surface area contributed by atoms with Crippen LogP contribution in [0.1, 0.15) is 21.1 Å². The maximum Gasteiger partial charge on any atom is 0.274 e. The first-order valence-corrected chi connectivity index (χ1v) is 6.02. The van der Waals surface area contributed by atoms with E-state index >= 15 is 0 Å². The van der Waals surface area contributed by atoms with Gasteiger partial charge in [-0.1, -0.05) is 18.2 Å². The molecule has 0 saturated carbocycles. The van der Waals surface area contributed by atoms with Crippen LogP contribution in [-0.2, 0) is 11.4 Å². The predicted octanol–water partition coefficient (Wildman–Crippen LogP) is 2.31. The zero-order valence-corrected chi connectivity index (χ0v) is 10.2. The van der Waals surface area contributed by atoms with Gasteiger partial charge in [0.1, 0.15) is 6.61 Å². The number of aromatic nitrogens is 1. The molecule has 0 aliphatic carbocycles. The van der Waals surface area contributed by atoms with E-state index in [4.69, 9.17) is 4.84 Å². The van der Waals surface area contributed by atoms with E-state index in [1.54, 1.807) is 35.6 Å².